The average molecular weight is 227 g/mol. The third-order valence-corrected chi connectivity index (χ3v) is 2.02. The summed E-state index contributed by atoms with van der Waals surface area (Å²) in [5.74, 6) is -2.20. The molecule has 0 aromatic heterocycles. The quantitative estimate of drug-likeness (QED) is 0.804. The van der Waals surface area contributed by atoms with E-state index < -0.39 is 11.6 Å². The van der Waals surface area contributed by atoms with E-state index >= 15 is 0 Å². The lowest BCUT2D eigenvalue weighted by Gasteiger charge is -2.19. The molecule has 1 N–H and O–H groups in total. The largest absolute Gasteiger partial charge is 0.305 e. The molecule has 0 unspecified atom stereocenters. The highest BCUT2D eigenvalue weighted by atomic mass is 19.2. The van der Waals surface area contributed by atoms with E-state index in [4.69, 9.17) is 0 Å². The maximum atomic E-state index is 12.9. The molecule has 1 aromatic rings. The molecule has 0 heterocycles. The second-order valence-electron chi connectivity index (χ2n) is 4.66. The van der Waals surface area contributed by atoms with Crippen LogP contribution >= 0.6 is 0 Å². The van der Waals surface area contributed by atoms with E-state index in [1.165, 1.54) is 6.07 Å². The Morgan fingerprint density at radius 3 is 2.38 bits per heavy atom. The number of nitrogens with one attached hydrogen (secondary N) is 1. The minimum absolute atomic E-state index is 0.106. The van der Waals surface area contributed by atoms with E-state index in [9.17, 15) is 13.6 Å². The van der Waals surface area contributed by atoms with E-state index in [-0.39, 0.29) is 23.4 Å². The van der Waals surface area contributed by atoms with Crippen LogP contribution in [0.4, 0.5) is 8.78 Å². The van der Waals surface area contributed by atoms with Crippen LogP contribution in [0.1, 0.15) is 31.1 Å². The fraction of sp³-hybridized carbons (Fsp3) is 0.417. The number of Topliss-reactive ketones (excluding diaryl/α,β-unsaturated/α-hetero) is 1. The smallest absolute Gasteiger partial charge is 0.176 e. The van der Waals surface area contributed by atoms with Gasteiger partial charge in [-0.2, -0.15) is 0 Å². The van der Waals surface area contributed by atoms with Gasteiger partial charge in [0.15, 0.2) is 17.4 Å². The molecule has 0 saturated carbocycles. The molecule has 1 rings (SSSR count). The van der Waals surface area contributed by atoms with Crippen molar-refractivity contribution < 1.29 is 13.6 Å². The Balaban J connectivity index is 2.70. The monoisotopic (exact) mass is 227 g/mol. The van der Waals surface area contributed by atoms with E-state index in [1.807, 2.05) is 20.8 Å². The minimum Gasteiger partial charge on any atom is -0.305 e. The number of carbonyl (C=O) groups excluding carboxylic acids is 1. The lowest BCUT2D eigenvalue weighted by Crippen LogP contribution is -2.39. The molecule has 0 radical (unpaired) electrons. The first-order valence-corrected chi connectivity index (χ1v) is 5.03. The van der Waals surface area contributed by atoms with Crippen LogP contribution in [-0.4, -0.2) is 17.9 Å². The zero-order valence-corrected chi connectivity index (χ0v) is 9.60. The van der Waals surface area contributed by atoms with Gasteiger partial charge in [0, 0.05) is 11.1 Å². The van der Waals surface area contributed by atoms with E-state index in [2.05, 4.69) is 5.32 Å². The van der Waals surface area contributed by atoms with Crippen molar-refractivity contribution in [3.8, 4) is 0 Å². The lowest BCUT2D eigenvalue weighted by atomic mass is 10.1. The van der Waals surface area contributed by atoms with Gasteiger partial charge in [0.1, 0.15) is 0 Å². The third kappa shape index (κ3) is 3.70. The molecule has 0 aliphatic carbocycles. The average Bonchev–Trinajstić information content (AvgIpc) is 2.17. The summed E-state index contributed by atoms with van der Waals surface area (Å²) in [7, 11) is 0. The molecular weight excluding hydrogens is 212 g/mol. The highest BCUT2D eigenvalue weighted by molar-refractivity contribution is 5.97. The van der Waals surface area contributed by atoms with Gasteiger partial charge in [-0.3, -0.25) is 4.79 Å². The van der Waals surface area contributed by atoms with Crippen LogP contribution in [0.2, 0.25) is 0 Å². The molecule has 0 saturated heterocycles. The summed E-state index contributed by atoms with van der Waals surface area (Å²) in [5.41, 5.74) is -0.00975. The summed E-state index contributed by atoms with van der Waals surface area (Å²) < 4.78 is 25.5. The Morgan fingerprint density at radius 1 is 1.25 bits per heavy atom. The zero-order valence-electron chi connectivity index (χ0n) is 9.60. The van der Waals surface area contributed by atoms with Crippen molar-refractivity contribution in [1.82, 2.24) is 5.32 Å². The first-order valence-electron chi connectivity index (χ1n) is 5.03. The summed E-state index contributed by atoms with van der Waals surface area (Å²) in [4.78, 5) is 11.6. The molecular formula is C12H15F2NO. The van der Waals surface area contributed by atoms with Crippen LogP contribution in [0.25, 0.3) is 0 Å². The first kappa shape index (κ1) is 12.8. The Morgan fingerprint density at radius 2 is 1.88 bits per heavy atom. The third-order valence-electron chi connectivity index (χ3n) is 2.02. The molecule has 16 heavy (non-hydrogen) atoms. The predicted molar refractivity (Wildman–Crippen MR) is 58.4 cm³/mol. The summed E-state index contributed by atoms with van der Waals surface area (Å²) >= 11 is 0. The molecule has 1 aromatic carbocycles. The van der Waals surface area contributed by atoms with Crippen molar-refractivity contribution in [3.63, 3.8) is 0 Å². The first-order chi connectivity index (χ1) is 7.29. The van der Waals surface area contributed by atoms with Gasteiger partial charge in [-0.1, -0.05) is 0 Å². The Labute approximate surface area is 93.7 Å². The van der Waals surface area contributed by atoms with Gasteiger partial charge < -0.3 is 5.32 Å². The molecule has 0 aliphatic heterocycles. The Bertz CT molecular complexity index is 396. The van der Waals surface area contributed by atoms with Crippen LogP contribution < -0.4 is 5.32 Å². The van der Waals surface area contributed by atoms with E-state index in [0.29, 0.717) is 0 Å². The molecule has 0 bridgehead atoms. The number of hydrogen-bond donors (Lipinski definition) is 1. The number of halogens is 2. The summed E-state index contributed by atoms with van der Waals surface area (Å²) in [6, 6.07) is 3.16. The fourth-order valence-corrected chi connectivity index (χ4v) is 1.12. The standard InChI is InChI=1S/C12H15F2NO/c1-12(2,3)15-7-11(16)8-4-5-9(13)10(14)6-8/h4-6,15H,7H2,1-3H3. The van der Waals surface area contributed by atoms with Crippen molar-refractivity contribution in [2.45, 2.75) is 26.3 Å². The molecule has 4 heteroatoms. The molecule has 0 aliphatic rings. The topological polar surface area (TPSA) is 29.1 Å². The van der Waals surface area contributed by atoms with Gasteiger partial charge in [0.05, 0.1) is 6.54 Å². The van der Waals surface area contributed by atoms with Crippen LogP contribution in [0, 0.1) is 11.6 Å². The summed E-state index contributed by atoms with van der Waals surface area (Å²) in [5, 5.41) is 2.99. The van der Waals surface area contributed by atoms with Gasteiger partial charge >= 0.3 is 0 Å². The molecule has 0 spiro atoms. The fourth-order valence-electron chi connectivity index (χ4n) is 1.12. The van der Waals surface area contributed by atoms with Crippen LogP contribution in [0.15, 0.2) is 18.2 Å². The van der Waals surface area contributed by atoms with Crippen molar-refractivity contribution in [2.24, 2.45) is 0 Å². The highest BCUT2D eigenvalue weighted by Crippen LogP contribution is 2.09. The SMILES string of the molecule is CC(C)(C)NCC(=O)c1ccc(F)c(F)c1. The normalized spacial score (nSPS) is 11.6. The summed E-state index contributed by atoms with van der Waals surface area (Å²) in [6.07, 6.45) is 0. The number of hydrogen-bond acceptors (Lipinski definition) is 2. The maximum Gasteiger partial charge on any atom is 0.176 e. The number of rotatable bonds is 3. The van der Waals surface area contributed by atoms with Crippen molar-refractivity contribution in [3.05, 3.63) is 35.4 Å². The number of benzene rings is 1. The van der Waals surface area contributed by atoms with E-state index in [0.717, 1.165) is 12.1 Å². The lowest BCUT2D eigenvalue weighted by molar-refractivity contribution is 0.0981. The van der Waals surface area contributed by atoms with Crippen molar-refractivity contribution in [1.29, 1.82) is 0 Å². The van der Waals surface area contributed by atoms with Gasteiger partial charge in [0.25, 0.3) is 0 Å². The Hall–Kier alpha value is -1.29. The second kappa shape index (κ2) is 4.70. The second-order valence-corrected chi connectivity index (χ2v) is 4.66. The maximum absolute atomic E-state index is 12.9. The van der Waals surface area contributed by atoms with E-state index in [1.54, 1.807) is 0 Å². The van der Waals surface area contributed by atoms with Gasteiger partial charge in [-0.15, -0.1) is 0 Å². The minimum atomic E-state index is -0.999. The van der Waals surface area contributed by atoms with Gasteiger partial charge in [-0.05, 0) is 39.0 Å². The van der Waals surface area contributed by atoms with Crippen LogP contribution in [0.3, 0.4) is 0 Å². The summed E-state index contributed by atoms with van der Waals surface area (Å²) in [6.45, 7) is 5.87. The number of ketones is 1. The van der Waals surface area contributed by atoms with Gasteiger partial charge in [0.2, 0.25) is 0 Å². The number of carbonyl (C=O) groups is 1. The highest BCUT2D eigenvalue weighted by Gasteiger charge is 2.14. The predicted octanol–water partition coefficient (Wildman–Crippen LogP) is 2.54. The van der Waals surface area contributed by atoms with Gasteiger partial charge in [-0.25, -0.2) is 8.78 Å². The molecule has 88 valence electrons. The van der Waals surface area contributed by atoms with Crippen LogP contribution in [-0.2, 0) is 0 Å². The molecule has 2 nitrogen and oxygen atoms in total. The molecule has 0 amide bonds. The zero-order chi connectivity index (χ0) is 12.3. The van der Waals surface area contributed by atoms with Crippen molar-refractivity contribution in [2.75, 3.05) is 6.54 Å². The van der Waals surface area contributed by atoms with Crippen molar-refractivity contribution >= 4 is 5.78 Å². The Kier molecular flexibility index (Phi) is 3.75. The molecule has 0 fully saturated rings. The molecule has 0 atom stereocenters. The van der Waals surface area contributed by atoms with Crippen LogP contribution in [0.5, 0.6) is 0 Å².